The fourth-order valence-electron chi connectivity index (χ4n) is 2.02. The predicted octanol–water partition coefficient (Wildman–Crippen LogP) is 3.79. The Labute approximate surface area is 159 Å². The van der Waals surface area contributed by atoms with Gasteiger partial charge < -0.3 is 4.74 Å². The lowest BCUT2D eigenvalue weighted by Gasteiger charge is -2.16. The number of hydrogen-bond donors (Lipinski definition) is 2. The molecule has 0 unspecified atom stereocenters. The minimum Gasteiger partial charge on any atom is -0.481 e. The average Bonchev–Trinajstić information content (AvgIpc) is 2.60. The van der Waals surface area contributed by atoms with Gasteiger partial charge in [-0.1, -0.05) is 41.1 Å². The Kier molecular flexibility index (Phi) is 7.33. The average molecular weight is 423 g/mol. The quantitative estimate of drug-likeness (QED) is 0.548. The van der Waals surface area contributed by atoms with Gasteiger partial charge in [0.2, 0.25) is 0 Å². The maximum atomic E-state index is 12.3. The van der Waals surface area contributed by atoms with Gasteiger partial charge in [0.15, 0.2) is 6.10 Å². The number of halogens is 1. The van der Waals surface area contributed by atoms with Crippen molar-refractivity contribution >= 4 is 39.5 Å². The van der Waals surface area contributed by atoms with Crippen LogP contribution in [0.25, 0.3) is 0 Å². The first-order valence-corrected chi connectivity index (χ1v) is 9.53. The fraction of sp³-hybridized carbons (Fsp3) is 0.222. The van der Waals surface area contributed by atoms with E-state index in [9.17, 15) is 9.59 Å². The number of nitrogens with one attached hydrogen (secondary N) is 2. The lowest BCUT2D eigenvalue weighted by molar-refractivity contribution is -0.128. The van der Waals surface area contributed by atoms with E-state index in [4.69, 9.17) is 4.74 Å². The normalized spacial score (nSPS) is 11.5. The van der Waals surface area contributed by atoms with E-state index in [2.05, 4.69) is 26.8 Å². The van der Waals surface area contributed by atoms with Gasteiger partial charge in [-0.2, -0.15) is 0 Å². The summed E-state index contributed by atoms with van der Waals surface area (Å²) in [5.74, 6) is 0.621. The van der Waals surface area contributed by atoms with Crippen molar-refractivity contribution < 1.29 is 14.3 Å². The van der Waals surface area contributed by atoms with Gasteiger partial charge in [0, 0.05) is 9.37 Å². The van der Waals surface area contributed by atoms with E-state index < -0.39 is 12.0 Å². The largest absolute Gasteiger partial charge is 0.481 e. The monoisotopic (exact) mass is 422 g/mol. The van der Waals surface area contributed by atoms with Crippen LogP contribution in [0.1, 0.15) is 24.2 Å². The second kappa shape index (κ2) is 9.48. The van der Waals surface area contributed by atoms with Crippen LogP contribution >= 0.6 is 27.7 Å². The molecule has 2 aromatic rings. The van der Waals surface area contributed by atoms with Crippen LogP contribution in [0.4, 0.5) is 0 Å². The van der Waals surface area contributed by atoms with Gasteiger partial charge in [0.05, 0.1) is 5.56 Å². The minimum atomic E-state index is -0.755. The molecule has 0 aliphatic heterocycles. The third-order valence-corrected chi connectivity index (χ3v) is 4.66. The zero-order valence-electron chi connectivity index (χ0n) is 13.9. The van der Waals surface area contributed by atoms with Crippen molar-refractivity contribution in [3.05, 3.63) is 58.6 Å². The van der Waals surface area contributed by atoms with Crippen LogP contribution in [0, 0.1) is 0 Å². The molecule has 25 heavy (non-hydrogen) atoms. The Balaban J connectivity index is 1.91. The number of ether oxygens (including phenoxy) is 1. The number of benzene rings is 2. The molecular formula is C18H19BrN2O3S. The molecule has 2 amide bonds. The van der Waals surface area contributed by atoms with Crippen LogP contribution in [0.15, 0.2) is 57.9 Å². The van der Waals surface area contributed by atoms with Crippen LogP contribution < -0.4 is 15.6 Å². The number of hydrogen-bond acceptors (Lipinski definition) is 4. The summed E-state index contributed by atoms with van der Waals surface area (Å²) < 4.78 is 6.42. The van der Waals surface area contributed by atoms with Crippen molar-refractivity contribution in [3.63, 3.8) is 0 Å². The van der Waals surface area contributed by atoms with Crippen LogP contribution in [-0.4, -0.2) is 23.7 Å². The number of carbonyl (C=O) groups is 2. The summed E-state index contributed by atoms with van der Waals surface area (Å²) in [6, 6.07) is 14.5. The van der Waals surface area contributed by atoms with E-state index in [-0.39, 0.29) is 5.91 Å². The Morgan fingerprint density at radius 3 is 2.64 bits per heavy atom. The molecule has 132 valence electrons. The highest BCUT2D eigenvalue weighted by molar-refractivity contribution is 9.10. The Morgan fingerprint density at radius 2 is 1.92 bits per heavy atom. The molecule has 0 aromatic heterocycles. The van der Waals surface area contributed by atoms with Crippen molar-refractivity contribution in [2.45, 2.75) is 24.8 Å². The number of rotatable bonds is 6. The topological polar surface area (TPSA) is 67.4 Å². The molecule has 0 heterocycles. The first-order chi connectivity index (χ1) is 12.0. The Bertz CT molecular complexity index is 755. The first-order valence-electron chi connectivity index (χ1n) is 7.75. The number of amides is 2. The smallest absolute Gasteiger partial charge is 0.279 e. The van der Waals surface area contributed by atoms with Gasteiger partial charge in [-0.25, -0.2) is 0 Å². The van der Waals surface area contributed by atoms with E-state index >= 15 is 0 Å². The van der Waals surface area contributed by atoms with Crippen molar-refractivity contribution in [1.29, 1.82) is 0 Å². The second-order valence-electron chi connectivity index (χ2n) is 5.09. The van der Waals surface area contributed by atoms with Crippen LogP contribution in [0.3, 0.4) is 0 Å². The van der Waals surface area contributed by atoms with Crippen LogP contribution in [-0.2, 0) is 4.79 Å². The van der Waals surface area contributed by atoms with E-state index in [1.807, 2.05) is 31.2 Å². The van der Waals surface area contributed by atoms with Crippen molar-refractivity contribution in [2.75, 3.05) is 5.75 Å². The summed E-state index contributed by atoms with van der Waals surface area (Å²) in [6.07, 6.45) is -0.755. The fourth-order valence-corrected chi connectivity index (χ4v) is 3.20. The van der Waals surface area contributed by atoms with E-state index in [1.54, 1.807) is 43.0 Å². The van der Waals surface area contributed by atoms with Crippen LogP contribution in [0.5, 0.6) is 5.75 Å². The molecular weight excluding hydrogens is 404 g/mol. The maximum Gasteiger partial charge on any atom is 0.279 e. The molecule has 0 saturated carbocycles. The van der Waals surface area contributed by atoms with Gasteiger partial charge in [-0.3, -0.25) is 20.4 Å². The van der Waals surface area contributed by atoms with Crippen molar-refractivity contribution in [3.8, 4) is 5.75 Å². The van der Waals surface area contributed by atoms with Crippen molar-refractivity contribution in [2.24, 2.45) is 0 Å². The van der Waals surface area contributed by atoms with Gasteiger partial charge in [-0.05, 0) is 43.0 Å². The molecule has 5 nitrogen and oxygen atoms in total. The molecule has 0 fully saturated rings. The third kappa shape index (κ3) is 5.79. The molecule has 2 rings (SSSR count). The summed E-state index contributed by atoms with van der Waals surface area (Å²) in [5.41, 5.74) is 5.36. The molecule has 0 aliphatic rings. The third-order valence-electron chi connectivity index (χ3n) is 3.21. The highest BCUT2D eigenvalue weighted by atomic mass is 79.9. The SMILES string of the molecule is CCSc1ccccc1C(=O)NNC(=O)[C@H](C)Oc1cccc(Br)c1. The zero-order valence-corrected chi connectivity index (χ0v) is 16.3. The van der Waals surface area contributed by atoms with Gasteiger partial charge >= 0.3 is 0 Å². The number of carbonyl (C=O) groups excluding carboxylic acids is 2. The van der Waals surface area contributed by atoms with E-state index in [0.717, 1.165) is 15.1 Å². The van der Waals surface area contributed by atoms with Gasteiger partial charge in [0.1, 0.15) is 5.75 Å². The molecule has 1 atom stereocenters. The summed E-state index contributed by atoms with van der Waals surface area (Å²) in [7, 11) is 0. The number of thioether (sulfide) groups is 1. The Hall–Kier alpha value is -1.99. The minimum absolute atomic E-state index is 0.362. The molecule has 0 aliphatic carbocycles. The van der Waals surface area contributed by atoms with Crippen molar-refractivity contribution in [1.82, 2.24) is 10.9 Å². The predicted molar refractivity (Wildman–Crippen MR) is 103 cm³/mol. The molecule has 0 saturated heterocycles. The summed E-state index contributed by atoms with van der Waals surface area (Å²) in [5, 5.41) is 0. The molecule has 2 N–H and O–H groups in total. The molecule has 2 aromatic carbocycles. The lowest BCUT2D eigenvalue weighted by atomic mass is 10.2. The zero-order chi connectivity index (χ0) is 18.2. The summed E-state index contributed by atoms with van der Waals surface area (Å²) in [6.45, 7) is 3.63. The molecule has 7 heteroatoms. The Morgan fingerprint density at radius 1 is 1.16 bits per heavy atom. The first kappa shape index (κ1) is 19.3. The molecule has 0 spiro atoms. The molecule has 0 bridgehead atoms. The van der Waals surface area contributed by atoms with E-state index in [1.165, 1.54) is 0 Å². The standard InChI is InChI=1S/C18H19BrN2O3S/c1-3-25-16-10-5-4-9-15(16)18(23)21-20-17(22)12(2)24-14-8-6-7-13(19)11-14/h4-12H,3H2,1-2H3,(H,20,22)(H,21,23)/t12-/m0/s1. The van der Waals surface area contributed by atoms with Gasteiger partial charge in [-0.15, -0.1) is 11.8 Å². The highest BCUT2D eigenvalue weighted by Gasteiger charge is 2.17. The van der Waals surface area contributed by atoms with E-state index in [0.29, 0.717) is 11.3 Å². The summed E-state index contributed by atoms with van der Waals surface area (Å²) >= 11 is 4.92. The van der Waals surface area contributed by atoms with Crippen LogP contribution in [0.2, 0.25) is 0 Å². The highest BCUT2D eigenvalue weighted by Crippen LogP contribution is 2.22. The number of hydrazine groups is 1. The maximum absolute atomic E-state index is 12.3. The van der Waals surface area contributed by atoms with Gasteiger partial charge in [0.25, 0.3) is 11.8 Å². The summed E-state index contributed by atoms with van der Waals surface area (Å²) in [4.78, 5) is 25.3. The second-order valence-corrected chi connectivity index (χ2v) is 7.31. The lowest BCUT2D eigenvalue weighted by Crippen LogP contribution is -2.47. The molecule has 0 radical (unpaired) electrons.